The molecule has 4 fully saturated rings. The lowest BCUT2D eigenvalue weighted by atomic mass is 9.44. The molecule has 6 heteroatoms. The van der Waals surface area contributed by atoms with Crippen molar-refractivity contribution >= 4 is 10.0 Å². The lowest BCUT2D eigenvalue weighted by Gasteiger charge is -2.61. The summed E-state index contributed by atoms with van der Waals surface area (Å²) in [5, 5.41) is 3.70. The van der Waals surface area contributed by atoms with Gasteiger partial charge in [-0.3, -0.25) is 0 Å². The van der Waals surface area contributed by atoms with Gasteiger partial charge in [0.05, 0.1) is 6.26 Å². The maximum atomic E-state index is 11.6. The van der Waals surface area contributed by atoms with Crippen molar-refractivity contribution in [3.8, 4) is 0 Å². The number of fused-ring (bicyclic) bond motifs is 5. The molecule has 0 aromatic heterocycles. The van der Waals surface area contributed by atoms with Gasteiger partial charge in [-0.15, -0.1) is 0 Å². The third-order valence-electron chi connectivity index (χ3n) is 10.7. The van der Waals surface area contributed by atoms with E-state index in [0.29, 0.717) is 35.3 Å². The molecule has 4 rings (SSSR count). The lowest BCUT2D eigenvalue weighted by molar-refractivity contribution is -0.117. The SMILES string of the molecule is C[C@@H](CNS(C)(=O)=O)C1CCC2C3CCC4C[C@@H](NCCN)CC[C@]4(C)C3CC[C@@]21C. The Morgan fingerprint density at radius 1 is 1.00 bits per heavy atom. The van der Waals surface area contributed by atoms with E-state index in [-0.39, 0.29) is 0 Å². The van der Waals surface area contributed by atoms with Gasteiger partial charge < -0.3 is 11.1 Å². The van der Waals surface area contributed by atoms with Crippen molar-refractivity contribution in [3.05, 3.63) is 0 Å². The summed E-state index contributed by atoms with van der Waals surface area (Å²) >= 11 is 0. The molecule has 4 aliphatic carbocycles. The second kappa shape index (κ2) is 8.88. The molecule has 0 aliphatic heterocycles. The third kappa shape index (κ3) is 4.48. The zero-order valence-corrected chi connectivity index (χ0v) is 21.1. The summed E-state index contributed by atoms with van der Waals surface area (Å²) in [6.45, 7) is 9.76. The zero-order valence-electron chi connectivity index (χ0n) is 20.3. The maximum Gasteiger partial charge on any atom is 0.208 e. The number of hydrogen-bond donors (Lipinski definition) is 3. The molecule has 4 saturated carbocycles. The van der Waals surface area contributed by atoms with Crippen molar-refractivity contribution in [2.75, 3.05) is 25.9 Å². The maximum absolute atomic E-state index is 11.6. The van der Waals surface area contributed by atoms with Gasteiger partial charge in [-0.1, -0.05) is 20.8 Å². The summed E-state index contributed by atoms with van der Waals surface area (Å²) in [5.41, 5.74) is 6.64. The number of nitrogens with one attached hydrogen (secondary N) is 2. The molecule has 0 saturated heterocycles. The van der Waals surface area contributed by atoms with Crippen molar-refractivity contribution < 1.29 is 8.42 Å². The highest BCUT2D eigenvalue weighted by atomic mass is 32.2. The molecule has 31 heavy (non-hydrogen) atoms. The van der Waals surface area contributed by atoms with Crippen LogP contribution in [0.25, 0.3) is 0 Å². The van der Waals surface area contributed by atoms with Gasteiger partial charge in [-0.2, -0.15) is 0 Å². The molecule has 0 radical (unpaired) electrons. The minimum atomic E-state index is -3.11. The van der Waals surface area contributed by atoms with Crippen LogP contribution in [0, 0.1) is 46.3 Å². The fourth-order valence-electron chi connectivity index (χ4n) is 9.13. The summed E-state index contributed by atoms with van der Waals surface area (Å²) in [6.07, 6.45) is 13.5. The third-order valence-corrected chi connectivity index (χ3v) is 11.4. The summed E-state index contributed by atoms with van der Waals surface area (Å²) in [5.74, 6) is 4.54. The molecule has 5 unspecified atom stereocenters. The van der Waals surface area contributed by atoms with Crippen LogP contribution in [-0.2, 0) is 10.0 Å². The fraction of sp³-hybridized carbons (Fsp3) is 1.00. The summed E-state index contributed by atoms with van der Waals surface area (Å²) in [4.78, 5) is 0. The zero-order chi connectivity index (χ0) is 22.4. The normalized spacial score (nSPS) is 46.1. The van der Waals surface area contributed by atoms with Crippen LogP contribution in [0.1, 0.15) is 78.6 Å². The van der Waals surface area contributed by atoms with Gasteiger partial charge in [0.15, 0.2) is 0 Å². The highest BCUT2D eigenvalue weighted by molar-refractivity contribution is 7.88. The van der Waals surface area contributed by atoms with E-state index < -0.39 is 10.0 Å². The van der Waals surface area contributed by atoms with Crippen LogP contribution >= 0.6 is 0 Å². The Labute approximate surface area is 191 Å². The van der Waals surface area contributed by atoms with E-state index in [4.69, 9.17) is 5.73 Å². The van der Waals surface area contributed by atoms with Gasteiger partial charge >= 0.3 is 0 Å². The molecule has 0 amide bonds. The summed E-state index contributed by atoms with van der Waals surface area (Å²) in [7, 11) is -3.11. The summed E-state index contributed by atoms with van der Waals surface area (Å²) in [6, 6.07) is 0.672. The van der Waals surface area contributed by atoms with Crippen LogP contribution in [0.2, 0.25) is 0 Å². The second-order valence-electron chi connectivity index (χ2n) is 12.2. The van der Waals surface area contributed by atoms with Gasteiger partial charge in [-0.25, -0.2) is 13.1 Å². The predicted molar refractivity (Wildman–Crippen MR) is 128 cm³/mol. The first kappa shape index (κ1) is 24.0. The Morgan fingerprint density at radius 3 is 2.42 bits per heavy atom. The van der Waals surface area contributed by atoms with Crippen molar-refractivity contribution in [3.63, 3.8) is 0 Å². The van der Waals surface area contributed by atoms with E-state index in [0.717, 1.165) is 36.8 Å². The van der Waals surface area contributed by atoms with Gasteiger partial charge in [0.2, 0.25) is 10.0 Å². The van der Waals surface area contributed by atoms with Crippen molar-refractivity contribution in [2.45, 2.75) is 84.6 Å². The van der Waals surface area contributed by atoms with Crippen molar-refractivity contribution in [1.82, 2.24) is 10.0 Å². The molecule has 0 aromatic rings. The number of hydrogen-bond acceptors (Lipinski definition) is 4. The Hall–Kier alpha value is -0.170. The molecular formula is C25H47N3O2S. The van der Waals surface area contributed by atoms with E-state index in [1.165, 1.54) is 64.0 Å². The molecule has 4 N–H and O–H groups in total. The molecule has 5 nitrogen and oxygen atoms in total. The largest absolute Gasteiger partial charge is 0.329 e. The van der Waals surface area contributed by atoms with Crippen LogP contribution < -0.4 is 15.8 Å². The van der Waals surface area contributed by atoms with E-state index in [9.17, 15) is 8.42 Å². The minimum Gasteiger partial charge on any atom is -0.329 e. The van der Waals surface area contributed by atoms with Gasteiger partial charge in [0, 0.05) is 25.7 Å². The predicted octanol–water partition coefficient (Wildman–Crippen LogP) is 3.75. The van der Waals surface area contributed by atoms with Crippen molar-refractivity contribution in [2.24, 2.45) is 52.1 Å². The van der Waals surface area contributed by atoms with E-state index >= 15 is 0 Å². The first-order valence-electron chi connectivity index (χ1n) is 13.0. The topological polar surface area (TPSA) is 84.2 Å². The Morgan fingerprint density at radius 2 is 1.71 bits per heavy atom. The van der Waals surface area contributed by atoms with Crippen LogP contribution in [0.5, 0.6) is 0 Å². The number of nitrogens with two attached hydrogens (primary N) is 1. The molecule has 0 spiro atoms. The molecule has 0 heterocycles. The fourth-order valence-corrected chi connectivity index (χ4v) is 9.70. The first-order valence-corrected chi connectivity index (χ1v) is 14.9. The average Bonchev–Trinajstić information content (AvgIpc) is 3.07. The number of sulfonamides is 1. The molecule has 0 aromatic carbocycles. The molecule has 9 atom stereocenters. The standard InChI is InChI=1S/C25H47N3O2S/c1-17(16-28-31(4,29)30)21-7-8-22-20-6-5-18-15-19(27-14-13-26)9-11-24(18,2)23(20)10-12-25(21,22)3/h17-23,27-28H,5-16,26H2,1-4H3/t17-,18?,19-,20?,21?,22?,23?,24-,25+/m0/s1. The summed E-state index contributed by atoms with van der Waals surface area (Å²) < 4.78 is 26.0. The highest BCUT2D eigenvalue weighted by Gasteiger charge is 2.60. The van der Waals surface area contributed by atoms with Crippen molar-refractivity contribution in [1.29, 1.82) is 0 Å². The highest BCUT2D eigenvalue weighted by Crippen LogP contribution is 2.68. The average molecular weight is 454 g/mol. The second-order valence-corrected chi connectivity index (χ2v) is 14.0. The van der Waals surface area contributed by atoms with Gasteiger partial charge in [0.25, 0.3) is 0 Å². The first-order chi connectivity index (χ1) is 14.6. The van der Waals surface area contributed by atoms with Gasteiger partial charge in [0.1, 0.15) is 0 Å². The lowest BCUT2D eigenvalue weighted by Crippen LogP contribution is -2.55. The van der Waals surface area contributed by atoms with Crippen LogP contribution in [0.4, 0.5) is 0 Å². The van der Waals surface area contributed by atoms with E-state index in [1.54, 1.807) is 0 Å². The molecule has 180 valence electrons. The quantitative estimate of drug-likeness (QED) is 0.548. The van der Waals surface area contributed by atoms with E-state index in [2.05, 4.69) is 30.8 Å². The Kier molecular flexibility index (Phi) is 6.87. The molecule has 0 bridgehead atoms. The Balaban J connectivity index is 1.45. The van der Waals surface area contributed by atoms with Crippen LogP contribution in [0.15, 0.2) is 0 Å². The molecular weight excluding hydrogens is 406 g/mol. The van der Waals surface area contributed by atoms with Crippen LogP contribution in [0.3, 0.4) is 0 Å². The smallest absolute Gasteiger partial charge is 0.208 e. The molecule has 4 aliphatic rings. The number of rotatable bonds is 7. The Bertz CT molecular complexity index is 743. The van der Waals surface area contributed by atoms with Crippen LogP contribution in [-0.4, -0.2) is 40.3 Å². The van der Waals surface area contributed by atoms with E-state index in [1.807, 2.05) is 0 Å². The minimum absolute atomic E-state index is 0.392. The monoisotopic (exact) mass is 453 g/mol. The van der Waals surface area contributed by atoms with Gasteiger partial charge in [-0.05, 0) is 104 Å².